The normalized spacial score (nSPS) is 12.1. The second kappa shape index (κ2) is 11.3. The van der Waals surface area contributed by atoms with Gasteiger partial charge in [0.1, 0.15) is 5.56 Å². The lowest BCUT2D eigenvalue weighted by Gasteiger charge is -2.10. The Labute approximate surface area is 222 Å². The molecule has 4 aromatic rings. The van der Waals surface area contributed by atoms with Gasteiger partial charge in [-0.25, -0.2) is 9.78 Å². The molecule has 0 spiro atoms. The summed E-state index contributed by atoms with van der Waals surface area (Å²) in [7, 11) is 1.33. The number of aromatic nitrogens is 2. The molecule has 0 N–H and O–H groups in total. The number of rotatable bonds is 3. The van der Waals surface area contributed by atoms with E-state index in [0.717, 1.165) is 27.5 Å². The number of ether oxygens (including phenoxy) is 1. The summed E-state index contributed by atoms with van der Waals surface area (Å²) in [5.41, 5.74) is 3.89. The van der Waals surface area contributed by atoms with Crippen molar-refractivity contribution < 1.29 is 14.3 Å². The van der Waals surface area contributed by atoms with Gasteiger partial charge in [0.15, 0.2) is 0 Å². The molecule has 0 aliphatic carbocycles. The van der Waals surface area contributed by atoms with Gasteiger partial charge in [0.25, 0.3) is 5.91 Å². The standard InChI is InChI=1S/C13H11ClN2O.C12H9BrClNO2.CH4/c1-2-16-7-10-11(13(16)17)12(14)8-5-3-4-6-9(8)15-10;1-17-12(16)10-9(6-13)15-8-5-3-2-4-7(8)11(10)14;/h3-6H,2,7H2,1H3;2-5H,6H2,1H3;1H4. The molecule has 1 amide bonds. The molecule has 2 aromatic carbocycles. The Morgan fingerprint density at radius 1 is 1.03 bits per heavy atom. The molecule has 0 radical (unpaired) electrons. The minimum Gasteiger partial charge on any atom is -0.465 e. The van der Waals surface area contributed by atoms with Crippen LogP contribution in [0.2, 0.25) is 10.0 Å². The monoisotopic (exact) mass is 575 g/mol. The van der Waals surface area contributed by atoms with Crippen molar-refractivity contribution in [2.24, 2.45) is 0 Å². The molecule has 5 rings (SSSR count). The number of carbonyl (C=O) groups is 2. The summed E-state index contributed by atoms with van der Waals surface area (Å²) in [5.74, 6) is -0.478. The van der Waals surface area contributed by atoms with Crippen molar-refractivity contribution >= 4 is 72.8 Å². The first-order valence-electron chi connectivity index (χ1n) is 10.5. The predicted molar refractivity (Wildman–Crippen MR) is 145 cm³/mol. The number of hydrogen-bond donors (Lipinski definition) is 0. The van der Waals surface area contributed by atoms with Crippen LogP contribution in [0.25, 0.3) is 21.8 Å². The zero-order valence-electron chi connectivity index (χ0n) is 18.4. The fourth-order valence-electron chi connectivity index (χ4n) is 3.84. The van der Waals surface area contributed by atoms with Gasteiger partial charge in [0.05, 0.1) is 51.7 Å². The minimum absolute atomic E-state index is 0. The number of benzene rings is 2. The number of halogens is 3. The van der Waals surface area contributed by atoms with Crippen LogP contribution in [0.1, 0.15) is 46.5 Å². The Kier molecular flexibility index (Phi) is 8.70. The maximum atomic E-state index is 12.1. The Morgan fingerprint density at radius 2 is 1.60 bits per heavy atom. The Hall–Kier alpha value is -2.74. The van der Waals surface area contributed by atoms with Crippen molar-refractivity contribution in [2.75, 3.05) is 13.7 Å². The number of amides is 1. The number of pyridine rings is 2. The lowest BCUT2D eigenvalue weighted by molar-refractivity contribution is 0.0599. The number of hydrogen-bond acceptors (Lipinski definition) is 5. The molecule has 0 saturated carbocycles. The molecule has 1 aliphatic rings. The Balaban J connectivity index is 0.000000190. The summed E-state index contributed by atoms with van der Waals surface area (Å²) >= 11 is 15.9. The van der Waals surface area contributed by atoms with Crippen molar-refractivity contribution in [1.82, 2.24) is 14.9 Å². The summed E-state index contributed by atoms with van der Waals surface area (Å²) in [6.07, 6.45) is 0. The van der Waals surface area contributed by atoms with E-state index in [1.165, 1.54) is 7.11 Å². The van der Waals surface area contributed by atoms with Gasteiger partial charge in [0, 0.05) is 22.6 Å². The van der Waals surface area contributed by atoms with Gasteiger partial charge < -0.3 is 9.64 Å². The van der Waals surface area contributed by atoms with E-state index in [2.05, 4.69) is 25.9 Å². The van der Waals surface area contributed by atoms with Gasteiger partial charge in [-0.1, -0.05) is 83.0 Å². The van der Waals surface area contributed by atoms with Gasteiger partial charge in [-0.3, -0.25) is 9.78 Å². The maximum absolute atomic E-state index is 12.1. The fraction of sp³-hybridized carbons (Fsp3) is 0.231. The molecule has 0 bridgehead atoms. The van der Waals surface area contributed by atoms with Gasteiger partial charge >= 0.3 is 5.97 Å². The van der Waals surface area contributed by atoms with E-state index in [1.54, 1.807) is 4.90 Å². The molecule has 9 heteroatoms. The summed E-state index contributed by atoms with van der Waals surface area (Å²) in [6, 6.07) is 15.1. The highest BCUT2D eigenvalue weighted by molar-refractivity contribution is 9.08. The van der Waals surface area contributed by atoms with Crippen LogP contribution in [0.3, 0.4) is 0 Å². The number of methoxy groups -OCH3 is 1. The largest absolute Gasteiger partial charge is 0.465 e. The topological polar surface area (TPSA) is 72.4 Å². The summed E-state index contributed by atoms with van der Waals surface area (Å²) < 4.78 is 4.72. The zero-order chi connectivity index (χ0) is 24.4. The van der Waals surface area contributed by atoms with Crippen molar-refractivity contribution in [1.29, 1.82) is 0 Å². The number of carbonyl (C=O) groups excluding carboxylic acids is 2. The van der Waals surface area contributed by atoms with Crippen LogP contribution in [-0.2, 0) is 16.6 Å². The third kappa shape index (κ3) is 4.99. The minimum atomic E-state index is -0.470. The van der Waals surface area contributed by atoms with Crippen LogP contribution < -0.4 is 0 Å². The van der Waals surface area contributed by atoms with E-state index in [0.29, 0.717) is 45.3 Å². The summed E-state index contributed by atoms with van der Waals surface area (Å²) in [6.45, 7) is 3.20. The van der Waals surface area contributed by atoms with E-state index in [4.69, 9.17) is 27.9 Å². The van der Waals surface area contributed by atoms with Crippen molar-refractivity contribution in [2.45, 2.75) is 26.2 Å². The van der Waals surface area contributed by atoms with E-state index in [-0.39, 0.29) is 13.3 Å². The van der Waals surface area contributed by atoms with Crippen molar-refractivity contribution in [3.05, 3.63) is 81.1 Å². The van der Waals surface area contributed by atoms with Crippen LogP contribution >= 0.6 is 39.1 Å². The van der Waals surface area contributed by atoms with Crippen LogP contribution in [0.5, 0.6) is 0 Å². The predicted octanol–water partition coefficient (Wildman–Crippen LogP) is 7.07. The molecule has 0 fully saturated rings. The molecule has 0 atom stereocenters. The second-order valence-electron chi connectivity index (χ2n) is 7.47. The first kappa shape index (κ1) is 26.9. The maximum Gasteiger partial charge on any atom is 0.341 e. The van der Waals surface area contributed by atoms with E-state index in [1.807, 2.05) is 55.5 Å². The average molecular weight is 577 g/mol. The van der Waals surface area contributed by atoms with Gasteiger partial charge in [-0.05, 0) is 19.1 Å². The number of esters is 1. The molecule has 3 heterocycles. The number of alkyl halides is 1. The Morgan fingerprint density at radius 3 is 2.17 bits per heavy atom. The Bertz CT molecular complexity index is 1430. The summed E-state index contributed by atoms with van der Waals surface area (Å²) in [4.78, 5) is 34.4. The number of nitrogens with zero attached hydrogens (tertiary/aromatic N) is 3. The van der Waals surface area contributed by atoms with Crippen LogP contribution in [0.4, 0.5) is 0 Å². The fourth-order valence-corrected chi connectivity index (χ4v) is 4.94. The highest BCUT2D eigenvalue weighted by Gasteiger charge is 2.31. The van der Waals surface area contributed by atoms with Crippen molar-refractivity contribution in [3.8, 4) is 0 Å². The molecular formula is C26H24BrCl2N3O3. The van der Waals surface area contributed by atoms with Crippen LogP contribution in [-0.4, -0.2) is 40.4 Å². The van der Waals surface area contributed by atoms with Gasteiger partial charge in [-0.2, -0.15) is 0 Å². The van der Waals surface area contributed by atoms with Crippen molar-refractivity contribution in [3.63, 3.8) is 0 Å². The highest BCUT2D eigenvalue weighted by atomic mass is 79.9. The van der Waals surface area contributed by atoms with E-state index < -0.39 is 5.97 Å². The first-order valence-corrected chi connectivity index (χ1v) is 12.4. The zero-order valence-corrected chi connectivity index (χ0v) is 21.5. The van der Waals surface area contributed by atoms with E-state index >= 15 is 0 Å². The molecule has 1 aliphatic heterocycles. The van der Waals surface area contributed by atoms with Gasteiger partial charge in [0.2, 0.25) is 0 Å². The summed E-state index contributed by atoms with van der Waals surface area (Å²) in [5, 5.41) is 2.96. The highest BCUT2D eigenvalue weighted by Crippen LogP contribution is 2.33. The number of para-hydroxylation sites is 2. The smallest absolute Gasteiger partial charge is 0.341 e. The molecule has 0 saturated heterocycles. The first-order chi connectivity index (χ1) is 16.4. The molecular weight excluding hydrogens is 553 g/mol. The van der Waals surface area contributed by atoms with E-state index in [9.17, 15) is 9.59 Å². The SMILES string of the molecule is C.CCN1Cc2nc3ccccc3c(Cl)c2C1=O.COC(=O)c1c(CBr)nc2ccccc2c1Cl. The number of fused-ring (bicyclic) bond motifs is 3. The lowest BCUT2D eigenvalue weighted by Crippen LogP contribution is -2.23. The van der Waals surface area contributed by atoms with Crippen LogP contribution in [0, 0.1) is 0 Å². The molecule has 2 aromatic heterocycles. The second-order valence-corrected chi connectivity index (χ2v) is 8.79. The third-order valence-electron chi connectivity index (χ3n) is 5.55. The molecule has 182 valence electrons. The average Bonchev–Trinajstić information content (AvgIpc) is 3.19. The third-order valence-corrected chi connectivity index (χ3v) is 6.86. The molecule has 35 heavy (non-hydrogen) atoms. The van der Waals surface area contributed by atoms with Gasteiger partial charge in [-0.15, -0.1) is 0 Å². The quantitative estimate of drug-likeness (QED) is 0.193. The molecule has 6 nitrogen and oxygen atoms in total. The lowest BCUT2D eigenvalue weighted by atomic mass is 10.1. The van der Waals surface area contributed by atoms with Crippen LogP contribution in [0.15, 0.2) is 48.5 Å². The molecule has 0 unspecified atom stereocenters.